The summed E-state index contributed by atoms with van der Waals surface area (Å²) in [5, 5.41) is 5.45. The Hall–Kier alpha value is -2.54. The number of carbonyl (C=O) groups excluding carboxylic acids is 2. The zero-order valence-corrected chi connectivity index (χ0v) is 16.4. The molecule has 0 spiro atoms. The third kappa shape index (κ3) is 5.23. The Balaban J connectivity index is 1.92. The lowest BCUT2D eigenvalue weighted by Gasteiger charge is -2.17. The van der Waals surface area contributed by atoms with Crippen LogP contribution in [0.4, 0.5) is 0 Å². The number of nitrogens with one attached hydrogen (secondary N) is 2. The van der Waals surface area contributed by atoms with Crippen molar-refractivity contribution in [2.75, 3.05) is 20.8 Å². The largest absolute Gasteiger partial charge is 0.493 e. The SMILES string of the molecule is COc1ccc(C(C)NC(=O)CNC(=O)c2cccc(Br)c2)cc1OC. The zero-order valence-electron chi connectivity index (χ0n) is 14.8. The number of amides is 2. The second-order valence-corrected chi connectivity index (χ2v) is 6.51. The minimum Gasteiger partial charge on any atom is -0.493 e. The van der Waals surface area contributed by atoms with Crippen molar-refractivity contribution in [1.82, 2.24) is 10.6 Å². The molecule has 2 rings (SSSR count). The van der Waals surface area contributed by atoms with Crippen molar-refractivity contribution in [2.24, 2.45) is 0 Å². The van der Waals surface area contributed by atoms with Crippen LogP contribution in [0.25, 0.3) is 0 Å². The first-order chi connectivity index (χ1) is 12.4. The minimum absolute atomic E-state index is 0.108. The summed E-state index contributed by atoms with van der Waals surface area (Å²) in [6.45, 7) is 1.75. The Morgan fingerprint density at radius 2 is 1.81 bits per heavy atom. The predicted octanol–water partition coefficient (Wildman–Crippen LogP) is 3.07. The fourth-order valence-corrected chi connectivity index (χ4v) is 2.79. The Morgan fingerprint density at radius 1 is 1.08 bits per heavy atom. The summed E-state index contributed by atoms with van der Waals surface area (Å²) in [6.07, 6.45) is 0. The van der Waals surface area contributed by atoms with E-state index in [1.807, 2.05) is 25.1 Å². The van der Waals surface area contributed by atoms with Gasteiger partial charge in [0, 0.05) is 10.0 Å². The van der Waals surface area contributed by atoms with Gasteiger partial charge in [0.2, 0.25) is 5.91 Å². The van der Waals surface area contributed by atoms with Crippen LogP contribution in [-0.4, -0.2) is 32.6 Å². The van der Waals surface area contributed by atoms with Gasteiger partial charge in [-0.1, -0.05) is 28.1 Å². The number of carbonyl (C=O) groups is 2. The smallest absolute Gasteiger partial charge is 0.251 e. The van der Waals surface area contributed by atoms with Crippen LogP contribution in [0.5, 0.6) is 11.5 Å². The summed E-state index contributed by atoms with van der Waals surface area (Å²) in [5.74, 6) is 0.626. The first-order valence-corrected chi connectivity index (χ1v) is 8.79. The van der Waals surface area contributed by atoms with Crippen molar-refractivity contribution in [2.45, 2.75) is 13.0 Å². The van der Waals surface area contributed by atoms with Gasteiger partial charge in [-0.15, -0.1) is 0 Å². The topological polar surface area (TPSA) is 76.7 Å². The minimum atomic E-state index is -0.305. The molecule has 0 fully saturated rings. The van der Waals surface area contributed by atoms with Gasteiger partial charge in [0.1, 0.15) is 0 Å². The van der Waals surface area contributed by atoms with E-state index >= 15 is 0 Å². The van der Waals surface area contributed by atoms with Gasteiger partial charge >= 0.3 is 0 Å². The summed E-state index contributed by atoms with van der Waals surface area (Å²) in [4.78, 5) is 24.2. The molecule has 138 valence electrons. The van der Waals surface area contributed by atoms with E-state index in [-0.39, 0.29) is 24.4 Å². The van der Waals surface area contributed by atoms with Crippen LogP contribution in [0.2, 0.25) is 0 Å². The van der Waals surface area contributed by atoms with E-state index in [0.29, 0.717) is 17.1 Å². The highest BCUT2D eigenvalue weighted by molar-refractivity contribution is 9.10. The molecule has 2 aromatic rings. The zero-order chi connectivity index (χ0) is 19.1. The van der Waals surface area contributed by atoms with Crippen LogP contribution in [0.1, 0.15) is 28.9 Å². The van der Waals surface area contributed by atoms with Gasteiger partial charge in [0.05, 0.1) is 26.8 Å². The predicted molar refractivity (Wildman–Crippen MR) is 103 cm³/mol. The van der Waals surface area contributed by atoms with Crippen molar-refractivity contribution >= 4 is 27.7 Å². The van der Waals surface area contributed by atoms with Crippen LogP contribution in [0, 0.1) is 0 Å². The molecule has 0 aliphatic carbocycles. The second-order valence-electron chi connectivity index (χ2n) is 5.60. The molecular weight excluding hydrogens is 400 g/mol. The standard InChI is InChI=1S/C19H21BrN2O4/c1-12(13-7-8-16(25-2)17(10-13)26-3)22-18(23)11-21-19(24)14-5-4-6-15(20)9-14/h4-10,12H,11H2,1-3H3,(H,21,24)(H,22,23). The Bertz CT molecular complexity index is 795. The summed E-state index contributed by atoms with van der Waals surface area (Å²) in [6, 6.07) is 12.2. The fourth-order valence-electron chi connectivity index (χ4n) is 2.39. The van der Waals surface area contributed by atoms with Crippen molar-refractivity contribution < 1.29 is 19.1 Å². The Kier molecular flexibility index (Phi) is 7.03. The molecule has 0 bridgehead atoms. The number of halogens is 1. The molecule has 0 radical (unpaired) electrons. The quantitative estimate of drug-likeness (QED) is 0.721. The molecule has 6 nitrogen and oxygen atoms in total. The highest BCUT2D eigenvalue weighted by Gasteiger charge is 2.14. The molecule has 2 N–H and O–H groups in total. The molecule has 0 saturated heterocycles. The van der Waals surface area contributed by atoms with Crippen LogP contribution >= 0.6 is 15.9 Å². The van der Waals surface area contributed by atoms with Gasteiger partial charge in [-0.2, -0.15) is 0 Å². The van der Waals surface area contributed by atoms with E-state index in [1.165, 1.54) is 0 Å². The second kappa shape index (κ2) is 9.24. The molecule has 2 aromatic carbocycles. The average molecular weight is 421 g/mol. The van der Waals surface area contributed by atoms with E-state index in [9.17, 15) is 9.59 Å². The lowest BCUT2D eigenvalue weighted by molar-refractivity contribution is -0.120. The van der Waals surface area contributed by atoms with Gasteiger partial charge in [0.15, 0.2) is 11.5 Å². The van der Waals surface area contributed by atoms with Crippen molar-refractivity contribution in [1.29, 1.82) is 0 Å². The van der Waals surface area contributed by atoms with E-state index in [4.69, 9.17) is 9.47 Å². The maximum atomic E-state index is 12.1. The summed E-state index contributed by atoms with van der Waals surface area (Å²) in [5.41, 5.74) is 1.36. The Morgan fingerprint density at radius 3 is 2.46 bits per heavy atom. The molecule has 1 unspecified atom stereocenters. The highest BCUT2D eigenvalue weighted by Crippen LogP contribution is 2.29. The molecule has 1 atom stereocenters. The van der Waals surface area contributed by atoms with Crippen LogP contribution < -0.4 is 20.1 Å². The van der Waals surface area contributed by atoms with Gasteiger partial charge in [-0.3, -0.25) is 9.59 Å². The molecule has 2 amide bonds. The molecular formula is C19H21BrN2O4. The maximum Gasteiger partial charge on any atom is 0.251 e. The number of benzene rings is 2. The lowest BCUT2D eigenvalue weighted by atomic mass is 10.1. The normalized spacial score (nSPS) is 11.4. The van der Waals surface area contributed by atoms with E-state index in [0.717, 1.165) is 10.0 Å². The number of hydrogen-bond acceptors (Lipinski definition) is 4. The number of hydrogen-bond donors (Lipinski definition) is 2. The van der Waals surface area contributed by atoms with Crippen molar-refractivity contribution in [3.05, 3.63) is 58.1 Å². The van der Waals surface area contributed by atoms with E-state index < -0.39 is 0 Å². The molecule has 7 heteroatoms. The number of ether oxygens (including phenoxy) is 2. The van der Waals surface area contributed by atoms with Gasteiger partial charge in [-0.25, -0.2) is 0 Å². The maximum absolute atomic E-state index is 12.1. The van der Waals surface area contributed by atoms with Crippen LogP contribution in [0.15, 0.2) is 46.9 Å². The summed E-state index contributed by atoms with van der Waals surface area (Å²) >= 11 is 3.31. The molecule has 0 aliphatic rings. The number of rotatable bonds is 7. The van der Waals surface area contributed by atoms with Crippen LogP contribution in [0.3, 0.4) is 0 Å². The molecule has 26 heavy (non-hydrogen) atoms. The molecule has 0 aliphatic heterocycles. The Labute approximate surface area is 161 Å². The first kappa shape index (κ1) is 19.8. The lowest BCUT2D eigenvalue weighted by Crippen LogP contribution is -2.38. The summed E-state index contributed by atoms with van der Waals surface area (Å²) < 4.78 is 11.3. The monoisotopic (exact) mass is 420 g/mol. The third-order valence-electron chi connectivity index (χ3n) is 3.78. The molecule has 0 heterocycles. The third-order valence-corrected chi connectivity index (χ3v) is 4.27. The van der Waals surface area contributed by atoms with Gasteiger partial charge in [0.25, 0.3) is 5.91 Å². The van der Waals surface area contributed by atoms with Crippen LogP contribution in [-0.2, 0) is 4.79 Å². The van der Waals surface area contributed by atoms with Gasteiger partial charge < -0.3 is 20.1 Å². The molecule has 0 saturated carbocycles. The molecule has 0 aromatic heterocycles. The van der Waals surface area contributed by atoms with Gasteiger partial charge in [-0.05, 0) is 42.8 Å². The van der Waals surface area contributed by atoms with E-state index in [1.54, 1.807) is 38.5 Å². The number of methoxy groups -OCH3 is 2. The summed E-state index contributed by atoms with van der Waals surface area (Å²) in [7, 11) is 3.12. The van der Waals surface area contributed by atoms with Crippen molar-refractivity contribution in [3.8, 4) is 11.5 Å². The van der Waals surface area contributed by atoms with Crippen molar-refractivity contribution in [3.63, 3.8) is 0 Å². The average Bonchev–Trinajstić information content (AvgIpc) is 2.65. The first-order valence-electron chi connectivity index (χ1n) is 7.99. The fraction of sp³-hybridized carbons (Fsp3) is 0.263. The van der Waals surface area contributed by atoms with E-state index in [2.05, 4.69) is 26.6 Å². The highest BCUT2D eigenvalue weighted by atomic mass is 79.9.